The molecule has 3 nitrogen and oxygen atoms in total. The highest BCUT2D eigenvalue weighted by molar-refractivity contribution is 5.78. The monoisotopic (exact) mass is 211 g/mol. The quantitative estimate of drug-likeness (QED) is 0.562. The number of hydrogen-bond acceptors (Lipinski definition) is 1. The van der Waals surface area contributed by atoms with Crippen molar-refractivity contribution in [1.29, 1.82) is 0 Å². The zero-order chi connectivity index (χ0) is 11.4. The van der Waals surface area contributed by atoms with Crippen LogP contribution < -0.4 is 5.73 Å². The minimum Gasteiger partial charge on any atom is -0.370 e. The third-order valence-corrected chi connectivity index (χ3v) is 3.08. The lowest BCUT2D eigenvalue weighted by atomic mass is 9.98. The fourth-order valence-electron chi connectivity index (χ4n) is 2.23. The second-order valence-electron chi connectivity index (χ2n) is 5.13. The molecule has 15 heavy (non-hydrogen) atoms. The summed E-state index contributed by atoms with van der Waals surface area (Å²) in [6, 6.07) is 1.09. The molecular weight excluding hydrogens is 186 g/mol. The highest BCUT2D eigenvalue weighted by atomic mass is 15.3. The zero-order valence-corrected chi connectivity index (χ0v) is 10.5. The fourth-order valence-corrected chi connectivity index (χ4v) is 2.23. The number of hydrogen-bond donors (Lipinski definition) is 1. The van der Waals surface area contributed by atoms with E-state index in [4.69, 9.17) is 5.73 Å². The van der Waals surface area contributed by atoms with Crippen LogP contribution in [0, 0.1) is 5.92 Å². The summed E-state index contributed by atoms with van der Waals surface area (Å²) in [7, 11) is 0. The van der Waals surface area contributed by atoms with E-state index in [1.807, 2.05) is 0 Å². The van der Waals surface area contributed by atoms with Gasteiger partial charge in [0.25, 0.3) is 0 Å². The van der Waals surface area contributed by atoms with Crippen LogP contribution in [0.1, 0.15) is 47.0 Å². The van der Waals surface area contributed by atoms with Gasteiger partial charge in [-0.25, -0.2) is 0 Å². The van der Waals surface area contributed by atoms with E-state index < -0.39 is 0 Å². The molecular formula is C12H25N3. The Bertz CT molecular complexity index is 213. The first-order valence-corrected chi connectivity index (χ1v) is 6.10. The minimum atomic E-state index is 0.546. The van der Waals surface area contributed by atoms with Crippen molar-refractivity contribution in [2.75, 3.05) is 6.54 Å². The number of guanidine groups is 1. The van der Waals surface area contributed by atoms with Gasteiger partial charge in [-0.15, -0.1) is 0 Å². The molecule has 2 atom stereocenters. The summed E-state index contributed by atoms with van der Waals surface area (Å²) < 4.78 is 0. The predicted octanol–water partition coefficient (Wildman–Crippen LogP) is 2.22. The number of aliphatic imine (C=N–C) groups is 1. The van der Waals surface area contributed by atoms with Gasteiger partial charge in [-0.1, -0.05) is 13.8 Å². The first-order chi connectivity index (χ1) is 7.02. The van der Waals surface area contributed by atoms with E-state index in [9.17, 15) is 0 Å². The maximum Gasteiger partial charge on any atom is 0.191 e. The van der Waals surface area contributed by atoms with Crippen molar-refractivity contribution in [2.24, 2.45) is 16.6 Å². The number of likely N-dealkylation sites (tertiary alicyclic amines) is 1. The highest BCUT2D eigenvalue weighted by Gasteiger charge is 2.25. The zero-order valence-electron chi connectivity index (χ0n) is 10.5. The molecule has 0 unspecified atom stereocenters. The Morgan fingerprint density at radius 1 is 1.33 bits per heavy atom. The van der Waals surface area contributed by atoms with Gasteiger partial charge in [-0.3, -0.25) is 4.99 Å². The third-order valence-electron chi connectivity index (χ3n) is 3.08. The van der Waals surface area contributed by atoms with Crippen LogP contribution in [0.4, 0.5) is 0 Å². The smallest absolute Gasteiger partial charge is 0.191 e. The molecule has 88 valence electrons. The van der Waals surface area contributed by atoms with Crippen molar-refractivity contribution >= 4 is 5.96 Å². The Kier molecular flexibility index (Phi) is 4.43. The van der Waals surface area contributed by atoms with Gasteiger partial charge in [0.2, 0.25) is 0 Å². The lowest BCUT2D eigenvalue weighted by Gasteiger charge is -2.39. The van der Waals surface area contributed by atoms with E-state index >= 15 is 0 Å². The predicted molar refractivity (Wildman–Crippen MR) is 65.9 cm³/mol. The van der Waals surface area contributed by atoms with E-state index in [0.717, 1.165) is 12.5 Å². The molecule has 0 spiro atoms. The number of piperidine rings is 1. The third kappa shape index (κ3) is 3.40. The Morgan fingerprint density at radius 3 is 2.33 bits per heavy atom. The van der Waals surface area contributed by atoms with Crippen molar-refractivity contribution in [3.8, 4) is 0 Å². The lowest BCUT2D eigenvalue weighted by Crippen LogP contribution is -2.51. The molecule has 3 heteroatoms. The van der Waals surface area contributed by atoms with Crippen LogP contribution in [-0.4, -0.2) is 29.5 Å². The molecule has 1 saturated heterocycles. The molecule has 0 bridgehead atoms. The maximum absolute atomic E-state index is 6.05. The van der Waals surface area contributed by atoms with Gasteiger partial charge in [-0.05, 0) is 39.0 Å². The summed E-state index contributed by atoms with van der Waals surface area (Å²) in [5, 5.41) is 0. The molecule has 0 aliphatic carbocycles. The highest BCUT2D eigenvalue weighted by Crippen LogP contribution is 2.21. The Hall–Kier alpha value is -0.730. The SMILES string of the molecule is CC(C)CN=C(N)N1[C@H](C)CCC[C@@H]1C. The van der Waals surface area contributed by atoms with E-state index in [2.05, 4.69) is 37.6 Å². The van der Waals surface area contributed by atoms with Gasteiger partial charge in [0.1, 0.15) is 0 Å². The molecule has 0 aromatic heterocycles. The minimum absolute atomic E-state index is 0.546. The topological polar surface area (TPSA) is 41.6 Å². The summed E-state index contributed by atoms with van der Waals surface area (Å²) in [5.41, 5.74) is 6.05. The van der Waals surface area contributed by atoms with E-state index in [-0.39, 0.29) is 0 Å². The van der Waals surface area contributed by atoms with Crippen LogP contribution in [0.3, 0.4) is 0 Å². The summed E-state index contributed by atoms with van der Waals surface area (Å²) >= 11 is 0. The fraction of sp³-hybridized carbons (Fsp3) is 0.917. The van der Waals surface area contributed by atoms with Gasteiger partial charge < -0.3 is 10.6 Å². The second kappa shape index (κ2) is 5.38. The van der Waals surface area contributed by atoms with Crippen molar-refractivity contribution < 1.29 is 0 Å². The van der Waals surface area contributed by atoms with Crippen LogP contribution in [-0.2, 0) is 0 Å². The Morgan fingerprint density at radius 2 is 1.87 bits per heavy atom. The van der Waals surface area contributed by atoms with Gasteiger partial charge >= 0.3 is 0 Å². The first-order valence-electron chi connectivity index (χ1n) is 6.10. The van der Waals surface area contributed by atoms with Gasteiger partial charge in [-0.2, -0.15) is 0 Å². The van der Waals surface area contributed by atoms with Crippen LogP contribution in [0.25, 0.3) is 0 Å². The van der Waals surface area contributed by atoms with E-state index in [1.54, 1.807) is 0 Å². The molecule has 1 aliphatic heterocycles. The van der Waals surface area contributed by atoms with Crippen LogP contribution >= 0.6 is 0 Å². The molecule has 2 N–H and O–H groups in total. The van der Waals surface area contributed by atoms with Crippen LogP contribution in [0.5, 0.6) is 0 Å². The summed E-state index contributed by atoms with van der Waals surface area (Å²) in [4.78, 5) is 6.75. The Balaban J connectivity index is 2.62. The van der Waals surface area contributed by atoms with Crippen LogP contribution in [0.15, 0.2) is 4.99 Å². The summed E-state index contributed by atoms with van der Waals surface area (Å²) in [6.07, 6.45) is 3.79. The number of nitrogens with two attached hydrogens (primary N) is 1. The molecule has 0 saturated carbocycles. The lowest BCUT2D eigenvalue weighted by molar-refractivity contribution is 0.188. The molecule has 1 rings (SSSR count). The van der Waals surface area contributed by atoms with E-state index in [0.29, 0.717) is 18.0 Å². The van der Waals surface area contributed by atoms with Crippen molar-refractivity contribution in [1.82, 2.24) is 4.90 Å². The Labute approximate surface area is 93.7 Å². The molecule has 1 aliphatic rings. The standard InChI is InChI=1S/C12H25N3/c1-9(2)8-14-12(13)15-10(3)6-5-7-11(15)4/h9-11H,5-8H2,1-4H3,(H2,13,14)/t10-,11+. The maximum atomic E-state index is 6.05. The largest absolute Gasteiger partial charge is 0.370 e. The summed E-state index contributed by atoms with van der Waals surface area (Å²) in [5.74, 6) is 1.32. The number of nitrogens with zero attached hydrogens (tertiary/aromatic N) is 2. The van der Waals surface area contributed by atoms with E-state index in [1.165, 1.54) is 19.3 Å². The van der Waals surface area contributed by atoms with Gasteiger partial charge in [0.05, 0.1) is 0 Å². The van der Waals surface area contributed by atoms with Crippen molar-refractivity contribution in [3.63, 3.8) is 0 Å². The number of rotatable bonds is 2. The molecule has 0 amide bonds. The second-order valence-corrected chi connectivity index (χ2v) is 5.13. The van der Waals surface area contributed by atoms with Crippen molar-refractivity contribution in [2.45, 2.75) is 59.0 Å². The summed E-state index contributed by atoms with van der Waals surface area (Å²) in [6.45, 7) is 9.66. The normalized spacial score (nSPS) is 28.6. The molecule has 0 radical (unpaired) electrons. The molecule has 0 aromatic carbocycles. The average Bonchev–Trinajstić information content (AvgIpc) is 2.14. The van der Waals surface area contributed by atoms with Crippen LogP contribution in [0.2, 0.25) is 0 Å². The van der Waals surface area contributed by atoms with Crippen molar-refractivity contribution in [3.05, 3.63) is 0 Å². The van der Waals surface area contributed by atoms with Gasteiger partial charge in [0, 0.05) is 18.6 Å². The average molecular weight is 211 g/mol. The van der Waals surface area contributed by atoms with Gasteiger partial charge in [0.15, 0.2) is 5.96 Å². The molecule has 0 aromatic rings. The molecule has 1 heterocycles. The molecule has 1 fully saturated rings. The first kappa shape index (κ1) is 12.3.